The summed E-state index contributed by atoms with van der Waals surface area (Å²) in [6, 6.07) is 12.3. The van der Waals surface area contributed by atoms with Gasteiger partial charge in [-0.3, -0.25) is 4.79 Å². The van der Waals surface area contributed by atoms with Crippen LogP contribution in [-0.4, -0.2) is 17.3 Å². The molecular formula is C20H21ClFNO2S. The maximum atomic E-state index is 13.8. The molecule has 2 aromatic rings. The van der Waals surface area contributed by atoms with E-state index in [1.807, 2.05) is 38.1 Å². The Bertz CT molecular complexity index is 812. The van der Waals surface area contributed by atoms with Gasteiger partial charge in [-0.05, 0) is 37.6 Å². The highest BCUT2D eigenvalue weighted by Gasteiger charge is 2.34. The summed E-state index contributed by atoms with van der Waals surface area (Å²) in [6.07, 6.45) is 0.701. The van der Waals surface area contributed by atoms with E-state index in [0.29, 0.717) is 22.8 Å². The number of ether oxygens (including phenoxy) is 1. The lowest BCUT2D eigenvalue weighted by atomic mass is 9.90. The lowest BCUT2D eigenvalue weighted by Crippen LogP contribution is -2.41. The second kappa shape index (κ2) is 7.89. The molecule has 0 aromatic heterocycles. The molecule has 138 valence electrons. The fraction of sp³-hybridized carbons (Fsp3) is 0.350. The first-order valence-corrected chi connectivity index (χ1v) is 9.96. The third-order valence-electron chi connectivity index (χ3n) is 4.22. The van der Waals surface area contributed by atoms with Crippen molar-refractivity contribution in [1.82, 2.24) is 5.32 Å². The topological polar surface area (TPSA) is 38.3 Å². The van der Waals surface area contributed by atoms with E-state index in [9.17, 15) is 9.18 Å². The van der Waals surface area contributed by atoms with Gasteiger partial charge in [-0.1, -0.05) is 35.9 Å². The highest BCUT2D eigenvalue weighted by Crippen LogP contribution is 2.39. The van der Waals surface area contributed by atoms with E-state index in [0.717, 1.165) is 11.3 Å². The minimum Gasteiger partial charge on any atom is -0.487 e. The summed E-state index contributed by atoms with van der Waals surface area (Å²) in [5.74, 6) is 1.09. The Labute approximate surface area is 162 Å². The monoisotopic (exact) mass is 393 g/mol. The summed E-state index contributed by atoms with van der Waals surface area (Å²) < 4.78 is 19.8. The van der Waals surface area contributed by atoms with Crippen molar-refractivity contribution in [2.75, 3.05) is 5.75 Å². The second-order valence-corrected chi connectivity index (χ2v) is 8.37. The van der Waals surface area contributed by atoms with Gasteiger partial charge < -0.3 is 10.1 Å². The van der Waals surface area contributed by atoms with Crippen LogP contribution in [0.2, 0.25) is 5.02 Å². The van der Waals surface area contributed by atoms with Gasteiger partial charge in [-0.25, -0.2) is 4.39 Å². The number of rotatable bonds is 5. The molecule has 1 aliphatic rings. The van der Waals surface area contributed by atoms with Crippen molar-refractivity contribution in [1.29, 1.82) is 0 Å². The van der Waals surface area contributed by atoms with Gasteiger partial charge in [-0.15, -0.1) is 11.8 Å². The minimum atomic E-state index is -0.342. The van der Waals surface area contributed by atoms with Crippen LogP contribution in [0.4, 0.5) is 4.39 Å². The fourth-order valence-electron chi connectivity index (χ4n) is 3.06. The van der Waals surface area contributed by atoms with Crippen LogP contribution in [0.25, 0.3) is 0 Å². The largest absolute Gasteiger partial charge is 0.487 e. The van der Waals surface area contributed by atoms with Crippen molar-refractivity contribution in [3.05, 3.63) is 64.4 Å². The molecule has 6 heteroatoms. The lowest BCUT2D eigenvalue weighted by molar-refractivity contribution is -0.119. The highest BCUT2D eigenvalue weighted by molar-refractivity contribution is 7.99. The Balaban J connectivity index is 1.58. The van der Waals surface area contributed by atoms with Crippen LogP contribution in [0.3, 0.4) is 0 Å². The van der Waals surface area contributed by atoms with E-state index >= 15 is 0 Å². The van der Waals surface area contributed by atoms with E-state index < -0.39 is 0 Å². The first kappa shape index (κ1) is 19.1. The molecule has 0 fully saturated rings. The van der Waals surface area contributed by atoms with Crippen LogP contribution in [-0.2, 0) is 10.5 Å². The summed E-state index contributed by atoms with van der Waals surface area (Å²) >= 11 is 7.13. The quantitative estimate of drug-likeness (QED) is 0.765. The number of amides is 1. The molecule has 1 atom stereocenters. The van der Waals surface area contributed by atoms with Crippen LogP contribution in [0.15, 0.2) is 42.5 Å². The molecule has 0 saturated carbocycles. The van der Waals surface area contributed by atoms with Crippen molar-refractivity contribution >= 4 is 29.3 Å². The molecule has 0 radical (unpaired) electrons. The van der Waals surface area contributed by atoms with Crippen molar-refractivity contribution in [2.45, 2.75) is 37.7 Å². The van der Waals surface area contributed by atoms with E-state index in [1.165, 1.54) is 17.8 Å². The number of carbonyl (C=O) groups excluding carboxylic acids is 1. The van der Waals surface area contributed by atoms with E-state index in [-0.39, 0.29) is 29.1 Å². The zero-order chi connectivity index (χ0) is 18.7. The van der Waals surface area contributed by atoms with Crippen molar-refractivity contribution in [3.63, 3.8) is 0 Å². The second-order valence-electron chi connectivity index (χ2n) is 6.95. The average molecular weight is 394 g/mol. The molecule has 0 aliphatic carbocycles. The molecule has 3 rings (SSSR count). The van der Waals surface area contributed by atoms with E-state index in [1.54, 1.807) is 12.1 Å². The van der Waals surface area contributed by atoms with Gasteiger partial charge in [0.25, 0.3) is 0 Å². The maximum Gasteiger partial charge on any atom is 0.230 e. The van der Waals surface area contributed by atoms with Crippen LogP contribution in [0.5, 0.6) is 5.75 Å². The molecular weight excluding hydrogens is 373 g/mol. The Hall–Kier alpha value is -1.72. The number of halogens is 2. The Morgan fingerprint density at radius 3 is 2.88 bits per heavy atom. The van der Waals surface area contributed by atoms with Crippen molar-refractivity contribution < 1.29 is 13.9 Å². The number of hydrogen-bond acceptors (Lipinski definition) is 3. The van der Waals surface area contributed by atoms with Crippen LogP contribution in [0.1, 0.15) is 37.4 Å². The zero-order valence-corrected chi connectivity index (χ0v) is 16.3. The van der Waals surface area contributed by atoms with Crippen LogP contribution < -0.4 is 10.1 Å². The van der Waals surface area contributed by atoms with E-state index in [2.05, 4.69) is 5.32 Å². The molecule has 0 bridgehead atoms. The first-order chi connectivity index (χ1) is 12.3. The van der Waals surface area contributed by atoms with Crippen molar-refractivity contribution in [2.24, 2.45) is 0 Å². The number of fused-ring (bicyclic) bond motifs is 1. The Morgan fingerprint density at radius 1 is 1.35 bits per heavy atom. The summed E-state index contributed by atoms with van der Waals surface area (Å²) in [4.78, 5) is 12.4. The molecule has 1 heterocycles. The van der Waals surface area contributed by atoms with Gasteiger partial charge >= 0.3 is 0 Å². The molecule has 0 unspecified atom stereocenters. The third-order valence-corrected chi connectivity index (χ3v) is 5.43. The SMILES string of the molecule is CC1(C)C[C@H](NC(=O)CSCc2ccc(Cl)cc2F)c2ccccc2O1. The molecule has 3 nitrogen and oxygen atoms in total. The number of carbonyl (C=O) groups is 1. The standard InChI is InChI=1S/C20H21ClFNO2S/c1-20(2)10-17(15-5-3-4-6-18(15)25-20)23-19(24)12-26-11-13-7-8-14(21)9-16(13)22/h3-9,17H,10-12H2,1-2H3,(H,23,24)/t17-/m0/s1. The smallest absolute Gasteiger partial charge is 0.230 e. The highest BCUT2D eigenvalue weighted by atomic mass is 35.5. The first-order valence-electron chi connectivity index (χ1n) is 8.43. The predicted molar refractivity (Wildman–Crippen MR) is 104 cm³/mol. The van der Waals surface area contributed by atoms with E-state index in [4.69, 9.17) is 16.3 Å². The summed E-state index contributed by atoms with van der Waals surface area (Å²) in [5, 5.41) is 3.46. The molecule has 26 heavy (non-hydrogen) atoms. The predicted octanol–water partition coefficient (Wildman–Crippen LogP) is 5.13. The molecule has 1 N–H and O–H groups in total. The van der Waals surface area contributed by atoms with Crippen molar-refractivity contribution in [3.8, 4) is 5.75 Å². The lowest BCUT2D eigenvalue weighted by Gasteiger charge is -2.37. The third kappa shape index (κ3) is 4.71. The van der Waals surface area contributed by atoms with Gasteiger partial charge in [0.1, 0.15) is 17.2 Å². The van der Waals surface area contributed by atoms with Gasteiger partial charge in [0.2, 0.25) is 5.91 Å². The molecule has 2 aromatic carbocycles. The van der Waals surface area contributed by atoms with Gasteiger partial charge in [0.15, 0.2) is 0 Å². The average Bonchev–Trinajstić information content (AvgIpc) is 2.56. The fourth-order valence-corrected chi connectivity index (χ4v) is 4.04. The maximum absolute atomic E-state index is 13.8. The van der Waals surface area contributed by atoms with Gasteiger partial charge in [0.05, 0.1) is 11.8 Å². The molecule has 0 spiro atoms. The minimum absolute atomic E-state index is 0.0677. The van der Waals surface area contributed by atoms with Crippen LogP contribution >= 0.6 is 23.4 Å². The summed E-state index contributed by atoms with van der Waals surface area (Å²) in [5.41, 5.74) is 1.20. The number of para-hydroxylation sites is 1. The van der Waals surface area contributed by atoms with Gasteiger partial charge in [-0.2, -0.15) is 0 Å². The zero-order valence-electron chi connectivity index (χ0n) is 14.7. The molecule has 0 saturated heterocycles. The number of thioether (sulfide) groups is 1. The van der Waals surface area contributed by atoms with Crippen LogP contribution in [0, 0.1) is 5.82 Å². The summed E-state index contributed by atoms with van der Waals surface area (Å²) in [6.45, 7) is 4.03. The molecule has 1 aliphatic heterocycles. The Kier molecular flexibility index (Phi) is 5.78. The Morgan fingerprint density at radius 2 is 2.12 bits per heavy atom. The number of benzene rings is 2. The van der Waals surface area contributed by atoms with Gasteiger partial charge in [0, 0.05) is 22.8 Å². The summed E-state index contributed by atoms with van der Waals surface area (Å²) in [7, 11) is 0. The normalized spacial score (nSPS) is 17.9. The number of hydrogen-bond donors (Lipinski definition) is 1. The molecule has 1 amide bonds. The number of nitrogens with one attached hydrogen (secondary N) is 1.